The van der Waals surface area contributed by atoms with Crippen LogP contribution in [0.1, 0.15) is 118 Å². The number of aliphatic hydroxyl groups excluding tert-OH is 6. The Kier molecular flexibility index (Phi) is 28.6. The van der Waals surface area contributed by atoms with E-state index in [-0.39, 0.29) is 24.3 Å². The molecule has 0 saturated carbocycles. The number of aliphatic hydroxyl groups is 7. The van der Waals surface area contributed by atoms with Gasteiger partial charge in [0.05, 0.1) is 41.3 Å². The van der Waals surface area contributed by atoms with E-state index < -0.39 is 312 Å². The number of hydrogen-bond donors (Lipinski definition) is 24. The second-order valence-electron chi connectivity index (χ2n) is 29.3. The fourth-order valence-corrected chi connectivity index (χ4v) is 16.4. The van der Waals surface area contributed by atoms with Crippen LogP contribution in [0.2, 0.25) is 10.0 Å². The zero-order valence-corrected chi connectivity index (χ0v) is 66.7. The molecule has 0 aromatic heterocycles. The topological polar surface area (TPSA) is 693 Å². The van der Waals surface area contributed by atoms with Gasteiger partial charge in [0.1, 0.15) is 89.5 Å². The lowest BCUT2D eigenvalue weighted by Crippen LogP contribution is -2.64. The van der Waals surface area contributed by atoms with Crippen molar-refractivity contribution in [3.05, 3.63) is 117 Å². The standard InChI is InChI=1S/C72H88Cl2N10O33P2/c1-27(2)15-38(77-5)62(95)83-53-55(90)30-8-11-42(36(73)17-30)113-44-19-32-20-45(59(44)117-69-60(58(93)57(92)46(25-85)115-69)116-48-24-71(4,76)61(94)28(3)112-48)114-43-12-9-31(18-37(43)74)56(91)54-67(100)82-52(68(101)110-26-111-70(102)78-14-6-13-72(103,118(104,105)106)119(107,108)109)35-21-33(86)22-41(88)49(35)34-16-29(7-10-40(34)87)50(64(97)84-54)81-65(98)51(32)80-63(96)39(23-47(75)89)79-66(53)99/h7-12,16-22,27-28,38-39,46,48,50-58,60-61,69,77,85-88,90-94,103H,6,13-15,23-26,76H2,1-5H3,(H2,75,89)(H,78,102)(H,79,99)(H,80,96)(H,81,98)(H,82,100)(H,83,95)(H,84,97)(H2,104,105,106)(H2,107,108,109)/t28?,38?,39?,46?,48?,50?,51?,52-,53?,54?,55+,56-,57?,58?,60?,61?,69?,71+/m1/s1. The van der Waals surface area contributed by atoms with Gasteiger partial charge in [-0.15, -0.1) is 0 Å². The van der Waals surface area contributed by atoms with E-state index in [0.717, 1.165) is 66.7 Å². The van der Waals surface area contributed by atoms with Gasteiger partial charge >= 0.3 is 27.3 Å². The van der Waals surface area contributed by atoms with Crippen LogP contribution in [0, 0.1) is 5.92 Å². The summed E-state index contributed by atoms with van der Waals surface area (Å²) in [6.45, 7) is 3.38. The summed E-state index contributed by atoms with van der Waals surface area (Å²) in [5.41, 5.74) is 7.25. The highest BCUT2D eigenvalue weighted by Crippen LogP contribution is 2.69. The Labute approximate surface area is 684 Å². The SMILES string of the molecule is CNC(CC(C)C)C(=O)NC1C(=O)NC(CC(N)=O)C(=O)NC2C(=O)NC3C(=O)NC(C(=O)N[C@@H](C(=O)OCOC(=O)NCCCC(O)(P(=O)(O)O)P(=O)(O)O)c4cc(O)cc(O)c4-c4cc3ccc4O)[C@H](O)c3ccc(c(Cl)c3)Oc3cc2cc(c3OC2OC(CO)C(O)C(O)C2OC2C[C@](C)(N)C(O)C(C)O2)Oc2ccc(cc2Cl)[C@@H]1O. The Hall–Kier alpha value is -9.67. The number of phenols is 3. The monoisotopic (exact) mass is 1750 g/mol. The summed E-state index contributed by atoms with van der Waals surface area (Å²) in [5, 5.41) is 130. The van der Waals surface area contributed by atoms with Gasteiger partial charge in [0.2, 0.25) is 60.2 Å². The summed E-state index contributed by atoms with van der Waals surface area (Å²) in [4.78, 5) is 171. The van der Waals surface area contributed by atoms with Crippen LogP contribution < -0.4 is 68.2 Å². The van der Waals surface area contributed by atoms with Crippen LogP contribution in [0.5, 0.6) is 46.0 Å². The van der Waals surface area contributed by atoms with Crippen LogP contribution in [-0.4, -0.2) is 235 Å². The van der Waals surface area contributed by atoms with Crippen molar-refractivity contribution in [1.29, 1.82) is 0 Å². The number of halogens is 2. The number of fused-ring (bicyclic) bond motifs is 15. The van der Waals surface area contributed by atoms with Crippen molar-refractivity contribution in [2.45, 2.75) is 174 Å². The second-order valence-corrected chi connectivity index (χ2v) is 34.1. The first-order valence-corrected chi connectivity index (χ1v) is 40.4. The first-order chi connectivity index (χ1) is 55.7. The number of aromatic hydroxyl groups is 3. The average molecular weight is 1750 g/mol. The molecule has 47 heteroatoms. The number of alkyl carbamates (subject to hydrolysis) is 1. The number of phenolic OH excluding ortho intramolecular Hbond substituents is 3. The number of carbonyl (C=O) groups is 9. The summed E-state index contributed by atoms with van der Waals surface area (Å²) < 4.78 is 72.2. The van der Waals surface area contributed by atoms with E-state index in [2.05, 4.69) is 37.2 Å². The largest absolute Gasteiger partial charge is 0.508 e. The lowest BCUT2D eigenvalue weighted by Gasteiger charge is -2.47. The summed E-state index contributed by atoms with van der Waals surface area (Å²) in [6.07, 6.45) is -22.8. The molecular formula is C72H88Cl2N10O33P2. The van der Waals surface area contributed by atoms with E-state index >= 15 is 19.2 Å². The van der Waals surface area contributed by atoms with Gasteiger partial charge in [-0.3, -0.25) is 42.7 Å². The Morgan fingerprint density at radius 3 is 1.89 bits per heavy atom. The highest BCUT2D eigenvalue weighted by Gasteiger charge is 2.59. The third kappa shape index (κ3) is 20.5. The third-order valence-corrected chi connectivity index (χ3v) is 24.5. The number of amides is 8. The zero-order valence-electron chi connectivity index (χ0n) is 63.4. The molecule has 0 spiro atoms. The molecule has 0 aliphatic carbocycles. The average Bonchev–Trinajstić information content (AvgIpc) is 0.763. The molecule has 11 bridgehead atoms. The van der Waals surface area contributed by atoms with Crippen molar-refractivity contribution in [2.75, 3.05) is 27.0 Å². The van der Waals surface area contributed by atoms with Gasteiger partial charge in [0.15, 0.2) is 29.9 Å². The summed E-state index contributed by atoms with van der Waals surface area (Å²) in [7, 11) is -10.4. The Morgan fingerprint density at radius 1 is 0.714 bits per heavy atom. The molecule has 648 valence electrons. The van der Waals surface area contributed by atoms with E-state index in [0.29, 0.717) is 6.07 Å². The zero-order chi connectivity index (χ0) is 87.6. The Balaban J connectivity index is 1.16. The predicted molar refractivity (Wildman–Crippen MR) is 405 cm³/mol. The van der Waals surface area contributed by atoms with Gasteiger partial charge in [-0.1, -0.05) is 55.2 Å². The summed E-state index contributed by atoms with van der Waals surface area (Å²) in [5.74, 6) is -17.1. The first-order valence-electron chi connectivity index (χ1n) is 36.4. The molecule has 18 atom stereocenters. The van der Waals surface area contributed by atoms with Crippen molar-refractivity contribution in [2.24, 2.45) is 17.4 Å². The number of hydrogen-bond acceptors (Lipinski definition) is 31. The molecule has 0 radical (unpaired) electrons. The number of carbonyl (C=O) groups excluding carboxylic acids is 9. The van der Waals surface area contributed by atoms with Crippen LogP contribution >= 0.6 is 38.4 Å². The predicted octanol–water partition coefficient (Wildman–Crippen LogP) is -0.970. The molecule has 14 unspecified atom stereocenters. The molecule has 5 aromatic carbocycles. The van der Waals surface area contributed by atoms with E-state index in [1.807, 2.05) is 5.32 Å². The maximum Gasteiger partial charge on any atom is 0.410 e. The van der Waals surface area contributed by atoms with Crippen molar-refractivity contribution in [1.82, 2.24) is 42.5 Å². The number of esters is 1. The summed E-state index contributed by atoms with van der Waals surface area (Å²) >= 11 is 14.2. The van der Waals surface area contributed by atoms with E-state index in [1.165, 1.54) is 27.0 Å². The van der Waals surface area contributed by atoms with Crippen molar-refractivity contribution in [3.8, 4) is 57.1 Å². The fraction of sp³-hybridized carbons (Fsp3) is 0.458. The number of likely N-dealkylation sites (N-methyl/N-ethyl adjacent to an activating group) is 1. The van der Waals surface area contributed by atoms with Crippen LogP contribution in [-0.2, 0) is 71.2 Å². The van der Waals surface area contributed by atoms with E-state index in [4.69, 9.17) is 72.6 Å². The van der Waals surface area contributed by atoms with Gasteiger partial charge in [0.25, 0.3) is 5.08 Å². The van der Waals surface area contributed by atoms with Crippen molar-refractivity contribution < 1.29 is 161 Å². The van der Waals surface area contributed by atoms with Crippen LogP contribution in [0.15, 0.2) is 78.9 Å². The molecule has 2 saturated heterocycles. The van der Waals surface area contributed by atoms with Gasteiger partial charge < -0.3 is 163 Å². The van der Waals surface area contributed by atoms with Crippen molar-refractivity contribution in [3.63, 3.8) is 0 Å². The molecule has 43 nitrogen and oxygen atoms in total. The minimum Gasteiger partial charge on any atom is -0.508 e. The normalized spacial score (nSPS) is 27.1. The third-order valence-electron chi connectivity index (χ3n) is 20.0. The number of benzene rings is 5. The first kappa shape index (κ1) is 91.6. The van der Waals surface area contributed by atoms with Gasteiger partial charge in [-0.2, -0.15) is 0 Å². The number of nitrogens with two attached hydrogens (primary N) is 2. The van der Waals surface area contributed by atoms with Crippen molar-refractivity contribution >= 4 is 91.8 Å². The van der Waals surface area contributed by atoms with E-state index in [9.17, 15) is 104 Å². The highest BCUT2D eigenvalue weighted by atomic mass is 35.5. The number of primary amides is 1. The molecule has 8 amide bonds. The minimum absolute atomic E-state index is 0.138. The molecular weight excluding hydrogens is 1670 g/mol. The highest BCUT2D eigenvalue weighted by molar-refractivity contribution is 7.72. The number of ether oxygens (including phenoxy) is 8. The molecule has 2 fully saturated rings. The van der Waals surface area contributed by atoms with Gasteiger partial charge in [-0.05, 0) is 117 Å². The second kappa shape index (κ2) is 37.1. The van der Waals surface area contributed by atoms with Crippen LogP contribution in [0.4, 0.5) is 4.79 Å². The van der Waals surface area contributed by atoms with Gasteiger partial charge in [-0.25, -0.2) is 9.59 Å². The molecule has 119 heavy (non-hydrogen) atoms. The van der Waals surface area contributed by atoms with Gasteiger partial charge in [0, 0.05) is 47.7 Å². The smallest absolute Gasteiger partial charge is 0.410 e. The maximum atomic E-state index is 16.2. The Morgan fingerprint density at radius 2 is 1.31 bits per heavy atom. The molecule has 26 N–H and O–H groups in total. The summed E-state index contributed by atoms with van der Waals surface area (Å²) in [6, 6.07) is -2.26. The minimum atomic E-state index is -5.91. The molecule has 12 rings (SSSR count). The lowest BCUT2D eigenvalue weighted by molar-refractivity contribution is -0.333. The van der Waals surface area contributed by atoms with E-state index in [1.54, 1.807) is 13.8 Å². The number of rotatable bonds is 21. The lowest BCUT2D eigenvalue weighted by atomic mass is 9.86. The maximum absolute atomic E-state index is 16.2. The Bertz CT molecular complexity index is 4810. The quantitative estimate of drug-likeness (QED) is 0.0182. The molecule has 7 aliphatic rings. The fourth-order valence-electron chi connectivity index (χ4n) is 13.7. The molecule has 7 heterocycles. The molecule has 7 aliphatic heterocycles. The number of nitrogens with one attached hydrogen (secondary N) is 8. The van der Waals surface area contributed by atoms with Crippen LogP contribution in [0.25, 0.3) is 11.1 Å². The van der Waals surface area contributed by atoms with Crippen LogP contribution in [0.3, 0.4) is 0 Å². The molecule has 5 aromatic rings.